The highest BCUT2D eigenvalue weighted by Crippen LogP contribution is 2.21. The Kier molecular flexibility index (Phi) is 4.06. The fraction of sp³-hybridized carbons (Fsp3) is 0.105. The Morgan fingerprint density at radius 2 is 1.70 bits per heavy atom. The molecule has 0 bridgehead atoms. The van der Waals surface area contributed by atoms with Gasteiger partial charge in [-0.25, -0.2) is 8.78 Å². The van der Waals surface area contributed by atoms with Gasteiger partial charge in [0.15, 0.2) is 11.6 Å². The lowest BCUT2D eigenvalue weighted by atomic mass is 10.0. The van der Waals surface area contributed by atoms with Crippen molar-refractivity contribution in [2.75, 3.05) is 0 Å². The van der Waals surface area contributed by atoms with Crippen LogP contribution in [0, 0.1) is 11.6 Å². The minimum Gasteiger partial charge on any atom is -0.345 e. The lowest BCUT2D eigenvalue weighted by molar-refractivity contribution is 0.0935. The molecule has 0 spiro atoms. The summed E-state index contributed by atoms with van der Waals surface area (Å²) in [6.07, 6.45) is 0. The monoisotopic (exact) mass is 311 g/mol. The minimum atomic E-state index is -1.13. The van der Waals surface area contributed by atoms with E-state index >= 15 is 0 Å². The Labute approximate surface area is 132 Å². The number of nitrogens with one attached hydrogen (secondary N) is 1. The van der Waals surface area contributed by atoms with Gasteiger partial charge in [0.25, 0.3) is 5.91 Å². The smallest absolute Gasteiger partial charge is 0.254 e. The second-order valence-corrected chi connectivity index (χ2v) is 5.40. The van der Waals surface area contributed by atoms with E-state index in [0.29, 0.717) is 0 Å². The van der Waals surface area contributed by atoms with Crippen LogP contribution in [-0.2, 0) is 0 Å². The van der Waals surface area contributed by atoms with Gasteiger partial charge in [-0.3, -0.25) is 4.79 Å². The maximum Gasteiger partial charge on any atom is 0.254 e. The minimum absolute atomic E-state index is 0.294. The van der Waals surface area contributed by atoms with Crippen LogP contribution in [0.1, 0.15) is 28.9 Å². The van der Waals surface area contributed by atoms with Crippen LogP contribution in [-0.4, -0.2) is 5.91 Å². The van der Waals surface area contributed by atoms with Gasteiger partial charge in [-0.05, 0) is 41.5 Å². The van der Waals surface area contributed by atoms with E-state index < -0.39 is 17.5 Å². The molecule has 3 aromatic rings. The molecule has 1 unspecified atom stereocenters. The molecule has 0 aliphatic heterocycles. The first-order valence-corrected chi connectivity index (χ1v) is 7.30. The highest BCUT2D eigenvalue weighted by Gasteiger charge is 2.17. The zero-order valence-electron chi connectivity index (χ0n) is 12.5. The molecule has 0 fully saturated rings. The zero-order chi connectivity index (χ0) is 16.4. The largest absolute Gasteiger partial charge is 0.345 e. The van der Waals surface area contributed by atoms with Gasteiger partial charge in [0.05, 0.1) is 11.6 Å². The normalized spacial score (nSPS) is 12.1. The van der Waals surface area contributed by atoms with Crippen LogP contribution in [0.15, 0.2) is 60.7 Å². The number of carbonyl (C=O) groups is 1. The molecule has 1 amide bonds. The first-order valence-electron chi connectivity index (χ1n) is 7.30. The summed E-state index contributed by atoms with van der Waals surface area (Å²) in [4.78, 5) is 12.1. The molecular formula is C19H15F2NO. The van der Waals surface area contributed by atoms with Crippen LogP contribution in [0.5, 0.6) is 0 Å². The summed E-state index contributed by atoms with van der Waals surface area (Å²) in [6.45, 7) is 1.80. The highest BCUT2D eigenvalue weighted by molar-refractivity contribution is 5.94. The van der Waals surface area contributed by atoms with Crippen molar-refractivity contribution in [2.24, 2.45) is 0 Å². The van der Waals surface area contributed by atoms with Gasteiger partial charge in [-0.2, -0.15) is 0 Å². The van der Waals surface area contributed by atoms with E-state index in [4.69, 9.17) is 0 Å². The van der Waals surface area contributed by atoms with Crippen molar-refractivity contribution in [3.8, 4) is 0 Å². The first kappa shape index (κ1) is 15.2. The third-order valence-electron chi connectivity index (χ3n) is 3.82. The molecule has 1 atom stereocenters. The Morgan fingerprint density at radius 1 is 0.957 bits per heavy atom. The van der Waals surface area contributed by atoms with Crippen LogP contribution < -0.4 is 5.32 Å². The summed E-state index contributed by atoms with van der Waals surface area (Å²) in [5.74, 6) is -2.80. The number of hydrogen-bond donors (Lipinski definition) is 1. The SMILES string of the molecule is CC(NC(=O)c1cccc(F)c1F)c1ccc2ccccc2c1. The van der Waals surface area contributed by atoms with Gasteiger partial charge >= 0.3 is 0 Å². The lowest BCUT2D eigenvalue weighted by Gasteiger charge is -2.15. The number of hydrogen-bond acceptors (Lipinski definition) is 1. The average Bonchev–Trinajstić information content (AvgIpc) is 2.56. The van der Waals surface area contributed by atoms with Gasteiger partial charge < -0.3 is 5.32 Å². The van der Waals surface area contributed by atoms with Crippen LogP contribution in [0.3, 0.4) is 0 Å². The van der Waals surface area contributed by atoms with E-state index in [9.17, 15) is 13.6 Å². The lowest BCUT2D eigenvalue weighted by Crippen LogP contribution is -2.27. The van der Waals surface area contributed by atoms with Gasteiger partial charge in [0, 0.05) is 0 Å². The number of amides is 1. The van der Waals surface area contributed by atoms with Crippen LogP contribution >= 0.6 is 0 Å². The molecule has 0 aliphatic carbocycles. The van der Waals surface area contributed by atoms with Crippen molar-refractivity contribution in [2.45, 2.75) is 13.0 Å². The molecule has 0 aliphatic rings. The van der Waals surface area contributed by atoms with Gasteiger partial charge in [-0.1, -0.05) is 42.5 Å². The fourth-order valence-electron chi connectivity index (χ4n) is 2.51. The van der Waals surface area contributed by atoms with Crippen LogP contribution in [0.2, 0.25) is 0 Å². The predicted octanol–water partition coefficient (Wildman–Crippen LogP) is 4.61. The van der Waals surface area contributed by atoms with Crippen molar-refractivity contribution in [3.05, 3.63) is 83.4 Å². The molecule has 0 saturated heterocycles. The fourth-order valence-corrected chi connectivity index (χ4v) is 2.51. The van der Waals surface area contributed by atoms with Crippen LogP contribution in [0.25, 0.3) is 10.8 Å². The molecule has 116 valence electrons. The third kappa shape index (κ3) is 3.06. The summed E-state index contributed by atoms with van der Waals surface area (Å²) >= 11 is 0. The van der Waals surface area contributed by atoms with E-state index in [0.717, 1.165) is 22.4 Å². The molecule has 1 N–H and O–H groups in total. The predicted molar refractivity (Wildman–Crippen MR) is 86.2 cm³/mol. The number of carbonyl (C=O) groups excluding carboxylic acids is 1. The molecule has 0 aromatic heterocycles. The Hall–Kier alpha value is -2.75. The Morgan fingerprint density at radius 3 is 2.48 bits per heavy atom. The van der Waals surface area contributed by atoms with E-state index in [1.807, 2.05) is 42.5 Å². The number of rotatable bonds is 3. The van der Waals surface area contributed by atoms with Gasteiger partial charge in [0.2, 0.25) is 0 Å². The summed E-state index contributed by atoms with van der Waals surface area (Å²) in [5, 5.41) is 4.86. The standard InChI is InChI=1S/C19H15F2NO/c1-12(14-10-9-13-5-2-3-6-15(13)11-14)22-19(23)16-7-4-8-17(20)18(16)21/h2-12H,1H3,(H,22,23). The molecule has 4 heteroatoms. The summed E-state index contributed by atoms with van der Waals surface area (Å²) in [5.41, 5.74) is 0.603. The van der Waals surface area contributed by atoms with Crippen LogP contribution in [0.4, 0.5) is 8.78 Å². The molecular weight excluding hydrogens is 296 g/mol. The molecule has 2 nitrogen and oxygen atoms in total. The topological polar surface area (TPSA) is 29.1 Å². The van der Waals surface area contributed by atoms with Crippen molar-refractivity contribution in [1.82, 2.24) is 5.32 Å². The second kappa shape index (κ2) is 6.16. The first-order chi connectivity index (χ1) is 11.1. The zero-order valence-corrected chi connectivity index (χ0v) is 12.5. The molecule has 0 saturated carbocycles. The maximum absolute atomic E-state index is 13.7. The molecule has 3 aromatic carbocycles. The van der Waals surface area contributed by atoms with E-state index in [-0.39, 0.29) is 11.6 Å². The second-order valence-electron chi connectivity index (χ2n) is 5.40. The van der Waals surface area contributed by atoms with Crippen molar-refractivity contribution in [1.29, 1.82) is 0 Å². The summed E-state index contributed by atoms with van der Waals surface area (Å²) in [6, 6.07) is 17.0. The van der Waals surface area contributed by atoms with Crippen molar-refractivity contribution >= 4 is 16.7 Å². The Bertz CT molecular complexity index is 876. The van der Waals surface area contributed by atoms with E-state index in [2.05, 4.69) is 5.32 Å². The maximum atomic E-state index is 13.7. The van der Waals surface area contributed by atoms with Gasteiger partial charge in [0.1, 0.15) is 0 Å². The molecule has 0 heterocycles. The van der Waals surface area contributed by atoms with E-state index in [1.54, 1.807) is 6.92 Å². The average molecular weight is 311 g/mol. The molecule has 23 heavy (non-hydrogen) atoms. The third-order valence-corrected chi connectivity index (χ3v) is 3.82. The Balaban J connectivity index is 1.83. The molecule has 3 rings (SSSR count). The highest BCUT2D eigenvalue weighted by atomic mass is 19.2. The quantitative estimate of drug-likeness (QED) is 0.752. The van der Waals surface area contributed by atoms with Crippen molar-refractivity contribution in [3.63, 3.8) is 0 Å². The summed E-state index contributed by atoms with van der Waals surface area (Å²) in [7, 11) is 0. The summed E-state index contributed by atoms with van der Waals surface area (Å²) < 4.78 is 26.9. The number of benzene rings is 3. The van der Waals surface area contributed by atoms with Gasteiger partial charge in [-0.15, -0.1) is 0 Å². The van der Waals surface area contributed by atoms with Crippen molar-refractivity contribution < 1.29 is 13.6 Å². The number of fused-ring (bicyclic) bond motifs is 1. The van der Waals surface area contributed by atoms with E-state index in [1.165, 1.54) is 12.1 Å². The molecule has 0 radical (unpaired) electrons. The number of halogens is 2.